The van der Waals surface area contributed by atoms with Crippen LogP contribution in [-0.2, 0) is 6.54 Å². The highest BCUT2D eigenvalue weighted by Gasteiger charge is 2.13. The van der Waals surface area contributed by atoms with Crippen molar-refractivity contribution in [2.45, 2.75) is 27.3 Å². The van der Waals surface area contributed by atoms with Crippen LogP contribution in [0.4, 0.5) is 17.3 Å². The molecule has 0 radical (unpaired) electrons. The van der Waals surface area contributed by atoms with Crippen LogP contribution in [0.15, 0.2) is 97.1 Å². The topological polar surface area (TPSA) is 70.2 Å². The SMILES string of the molecule is CCN(CC)Cc1cccc(NC(=O)c2ccc(Nc3nc(-c4ccccc4)c4ccccc4n3)cc2)c1C. The number of anilines is 3. The molecule has 6 heteroatoms. The molecule has 1 aromatic heterocycles. The largest absolute Gasteiger partial charge is 0.324 e. The fourth-order valence-corrected chi connectivity index (χ4v) is 4.66. The Balaban J connectivity index is 1.33. The summed E-state index contributed by atoms with van der Waals surface area (Å²) in [5.41, 5.74) is 7.31. The van der Waals surface area contributed by atoms with Crippen LogP contribution in [0.25, 0.3) is 22.2 Å². The maximum Gasteiger partial charge on any atom is 0.255 e. The van der Waals surface area contributed by atoms with Gasteiger partial charge < -0.3 is 10.6 Å². The van der Waals surface area contributed by atoms with Gasteiger partial charge in [-0.15, -0.1) is 0 Å². The number of aromatic nitrogens is 2. The van der Waals surface area contributed by atoms with Gasteiger partial charge in [0.2, 0.25) is 5.95 Å². The number of benzene rings is 4. The molecule has 1 heterocycles. The molecule has 2 N–H and O–H groups in total. The first-order valence-corrected chi connectivity index (χ1v) is 13.4. The second-order valence-electron chi connectivity index (χ2n) is 9.49. The van der Waals surface area contributed by atoms with Crippen LogP contribution in [-0.4, -0.2) is 33.9 Å². The molecule has 0 atom stereocenters. The van der Waals surface area contributed by atoms with Gasteiger partial charge in [0.05, 0.1) is 11.2 Å². The predicted molar refractivity (Wildman–Crippen MR) is 160 cm³/mol. The van der Waals surface area contributed by atoms with Gasteiger partial charge in [0.25, 0.3) is 5.91 Å². The van der Waals surface area contributed by atoms with Crippen molar-refractivity contribution in [3.05, 3.63) is 114 Å². The first-order chi connectivity index (χ1) is 19.1. The van der Waals surface area contributed by atoms with Crippen LogP contribution in [0.1, 0.15) is 35.3 Å². The van der Waals surface area contributed by atoms with Gasteiger partial charge in [-0.3, -0.25) is 9.69 Å². The highest BCUT2D eigenvalue weighted by molar-refractivity contribution is 6.05. The lowest BCUT2D eigenvalue weighted by molar-refractivity contribution is 0.102. The molecule has 0 aliphatic rings. The maximum absolute atomic E-state index is 13.1. The summed E-state index contributed by atoms with van der Waals surface area (Å²) in [5, 5.41) is 7.40. The van der Waals surface area contributed by atoms with Crippen molar-refractivity contribution in [3.63, 3.8) is 0 Å². The molecular formula is C33H33N5O. The van der Waals surface area contributed by atoms with Gasteiger partial charge in [0.15, 0.2) is 0 Å². The fourth-order valence-electron chi connectivity index (χ4n) is 4.66. The lowest BCUT2D eigenvalue weighted by Gasteiger charge is -2.20. The van der Waals surface area contributed by atoms with E-state index in [4.69, 9.17) is 9.97 Å². The van der Waals surface area contributed by atoms with Gasteiger partial charge in [-0.05, 0) is 67.5 Å². The molecule has 5 rings (SSSR count). The van der Waals surface area contributed by atoms with Crippen molar-refractivity contribution < 1.29 is 4.79 Å². The van der Waals surface area contributed by atoms with Crippen LogP contribution in [0.5, 0.6) is 0 Å². The Bertz CT molecular complexity index is 1580. The van der Waals surface area contributed by atoms with Crippen molar-refractivity contribution >= 4 is 34.1 Å². The molecule has 0 aliphatic carbocycles. The first kappa shape index (κ1) is 26.1. The Labute approximate surface area is 229 Å². The molecule has 5 aromatic rings. The highest BCUT2D eigenvalue weighted by Crippen LogP contribution is 2.28. The highest BCUT2D eigenvalue weighted by atomic mass is 16.1. The lowest BCUT2D eigenvalue weighted by Crippen LogP contribution is -2.23. The number of nitrogens with zero attached hydrogens (tertiary/aromatic N) is 3. The van der Waals surface area contributed by atoms with Crippen LogP contribution in [0.3, 0.4) is 0 Å². The Morgan fingerprint density at radius 1 is 0.795 bits per heavy atom. The number of hydrogen-bond donors (Lipinski definition) is 2. The third-order valence-corrected chi connectivity index (χ3v) is 7.04. The molecule has 0 bridgehead atoms. The van der Waals surface area contributed by atoms with E-state index in [9.17, 15) is 4.79 Å². The van der Waals surface area contributed by atoms with Crippen molar-refractivity contribution in [2.24, 2.45) is 0 Å². The second kappa shape index (κ2) is 11.9. The number of para-hydroxylation sites is 1. The Kier molecular flexibility index (Phi) is 7.94. The van der Waals surface area contributed by atoms with Gasteiger partial charge in [-0.2, -0.15) is 0 Å². The van der Waals surface area contributed by atoms with E-state index in [1.54, 1.807) is 0 Å². The molecule has 39 heavy (non-hydrogen) atoms. The molecule has 0 saturated heterocycles. The number of carbonyl (C=O) groups is 1. The summed E-state index contributed by atoms with van der Waals surface area (Å²) < 4.78 is 0. The monoisotopic (exact) mass is 515 g/mol. The molecule has 0 spiro atoms. The molecule has 0 fully saturated rings. The number of hydrogen-bond acceptors (Lipinski definition) is 5. The zero-order valence-corrected chi connectivity index (χ0v) is 22.6. The molecule has 4 aromatic carbocycles. The average Bonchev–Trinajstić information content (AvgIpc) is 2.98. The first-order valence-electron chi connectivity index (χ1n) is 13.4. The summed E-state index contributed by atoms with van der Waals surface area (Å²) in [6.45, 7) is 9.24. The normalized spacial score (nSPS) is 11.1. The van der Waals surface area contributed by atoms with Gasteiger partial charge in [-0.1, -0.05) is 74.5 Å². The average molecular weight is 516 g/mol. The predicted octanol–water partition coefficient (Wildman–Crippen LogP) is 7.44. The minimum atomic E-state index is -0.141. The molecule has 0 unspecified atom stereocenters. The van der Waals surface area contributed by atoms with Gasteiger partial charge in [-0.25, -0.2) is 9.97 Å². The van der Waals surface area contributed by atoms with E-state index in [2.05, 4.69) is 42.4 Å². The summed E-state index contributed by atoms with van der Waals surface area (Å²) in [4.78, 5) is 25.0. The number of nitrogens with one attached hydrogen (secondary N) is 2. The second-order valence-corrected chi connectivity index (χ2v) is 9.49. The van der Waals surface area contributed by atoms with Crippen molar-refractivity contribution in [3.8, 4) is 11.3 Å². The van der Waals surface area contributed by atoms with Gasteiger partial charge in [0.1, 0.15) is 0 Å². The zero-order chi connectivity index (χ0) is 27.2. The Morgan fingerprint density at radius 3 is 2.26 bits per heavy atom. The smallest absolute Gasteiger partial charge is 0.255 e. The molecule has 196 valence electrons. The molecular weight excluding hydrogens is 482 g/mol. The van der Waals surface area contributed by atoms with Crippen LogP contribution in [0, 0.1) is 6.92 Å². The molecule has 6 nitrogen and oxygen atoms in total. The van der Waals surface area contributed by atoms with E-state index < -0.39 is 0 Å². The summed E-state index contributed by atoms with van der Waals surface area (Å²) in [5.74, 6) is 0.364. The molecule has 1 amide bonds. The van der Waals surface area contributed by atoms with Gasteiger partial charge in [0, 0.05) is 34.4 Å². The van der Waals surface area contributed by atoms with Crippen molar-refractivity contribution in [1.29, 1.82) is 0 Å². The number of amides is 1. The fraction of sp³-hybridized carbons (Fsp3) is 0.182. The zero-order valence-electron chi connectivity index (χ0n) is 22.6. The Hall–Kier alpha value is -4.55. The van der Waals surface area contributed by atoms with E-state index in [0.717, 1.165) is 58.7 Å². The summed E-state index contributed by atoms with van der Waals surface area (Å²) in [6, 6.07) is 31.6. The minimum absolute atomic E-state index is 0.141. The minimum Gasteiger partial charge on any atom is -0.324 e. The van der Waals surface area contributed by atoms with Crippen LogP contribution < -0.4 is 10.6 Å². The third-order valence-electron chi connectivity index (χ3n) is 7.04. The van der Waals surface area contributed by atoms with Crippen molar-refractivity contribution in [2.75, 3.05) is 23.7 Å². The molecule has 0 saturated carbocycles. The number of carbonyl (C=O) groups excluding carboxylic acids is 1. The van der Waals surface area contributed by atoms with E-state index in [1.807, 2.05) is 91.0 Å². The standard InChI is InChI=1S/C33H33N5O/c1-4-38(5-2)22-26-14-11-17-29(23(26)3)35-32(39)25-18-20-27(21-19-25)34-33-36-30-16-10-9-15-28(30)31(37-33)24-12-7-6-8-13-24/h6-21H,4-5,22H2,1-3H3,(H,35,39)(H,34,36,37). The Morgan fingerprint density at radius 2 is 1.51 bits per heavy atom. The van der Waals surface area contributed by atoms with Crippen LogP contribution in [0.2, 0.25) is 0 Å². The van der Waals surface area contributed by atoms with Crippen molar-refractivity contribution in [1.82, 2.24) is 14.9 Å². The third kappa shape index (κ3) is 5.97. The van der Waals surface area contributed by atoms with Gasteiger partial charge >= 0.3 is 0 Å². The maximum atomic E-state index is 13.1. The van der Waals surface area contributed by atoms with Crippen LogP contribution >= 0.6 is 0 Å². The summed E-state index contributed by atoms with van der Waals surface area (Å²) >= 11 is 0. The lowest BCUT2D eigenvalue weighted by atomic mass is 10.1. The number of fused-ring (bicyclic) bond motifs is 1. The van der Waals surface area contributed by atoms with E-state index in [1.165, 1.54) is 5.56 Å². The van der Waals surface area contributed by atoms with E-state index in [0.29, 0.717) is 11.5 Å². The van der Waals surface area contributed by atoms with E-state index >= 15 is 0 Å². The number of rotatable bonds is 9. The van der Waals surface area contributed by atoms with E-state index in [-0.39, 0.29) is 5.91 Å². The quantitative estimate of drug-likeness (QED) is 0.213. The summed E-state index contributed by atoms with van der Waals surface area (Å²) in [6.07, 6.45) is 0. The molecule has 0 aliphatic heterocycles. The summed E-state index contributed by atoms with van der Waals surface area (Å²) in [7, 11) is 0.